The molecule has 182 valence electrons. The van der Waals surface area contributed by atoms with E-state index in [1.54, 1.807) is 12.4 Å². The summed E-state index contributed by atoms with van der Waals surface area (Å²) in [6.07, 6.45) is 5.28. The number of carbonyl (C=O) groups is 1. The molecule has 0 fully saturated rings. The maximum Gasteiger partial charge on any atom is 0.221 e. The first-order chi connectivity index (χ1) is 18.6. The number of aromatic nitrogens is 4. The van der Waals surface area contributed by atoms with E-state index < -0.39 is 0 Å². The number of fused-ring (bicyclic) bond motifs is 3. The number of rotatable bonds is 5. The molecule has 0 saturated heterocycles. The zero-order valence-electron chi connectivity index (χ0n) is 20.6. The first kappa shape index (κ1) is 23.1. The van der Waals surface area contributed by atoms with Crippen molar-refractivity contribution < 1.29 is 4.79 Å². The molecule has 6 rings (SSSR count). The third-order valence-corrected chi connectivity index (χ3v) is 6.44. The van der Waals surface area contributed by atoms with Crippen LogP contribution in [0.1, 0.15) is 18.1 Å². The van der Waals surface area contributed by atoms with Gasteiger partial charge in [0, 0.05) is 35.0 Å². The molecule has 0 atom stereocenters. The van der Waals surface area contributed by atoms with Gasteiger partial charge in [0.1, 0.15) is 5.69 Å². The lowest BCUT2D eigenvalue weighted by Gasteiger charge is -2.08. The highest BCUT2D eigenvalue weighted by molar-refractivity contribution is 6.12. The number of hydrogen-bond donors (Lipinski definition) is 1. The molecule has 1 N–H and O–H groups in total. The van der Waals surface area contributed by atoms with Crippen LogP contribution in [0.25, 0.3) is 44.2 Å². The maximum absolute atomic E-state index is 11.6. The molecule has 7 heteroatoms. The minimum absolute atomic E-state index is 0.147. The van der Waals surface area contributed by atoms with Crippen molar-refractivity contribution in [3.05, 3.63) is 109 Å². The quantitative estimate of drug-likeness (QED) is 0.308. The second kappa shape index (κ2) is 9.60. The van der Waals surface area contributed by atoms with Crippen LogP contribution >= 0.6 is 0 Å². The lowest BCUT2D eigenvalue weighted by atomic mass is 9.99. The molecule has 0 aliphatic rings. The predicted molar refractivity (Wildman–Crippen MR) is 148 cm³/mol. The van der Waals surface area contributed by atoms with E-state index in [0.29, 0.717) is 17.8 Å². The second-order valence-corrected chi connectivity index (χ2v) is 9.07. The Bertz CT molecular complexity index is 1850. The molecule has 1 amide bonds. The Labute approximate surface area is 219 Å². The van der Waals surface area contributed by atoms with Gasteiger partial charge < -0.3 is 5.32 Å². The zero-order valence-corrected chi connectivity index (χ0v) is 20.6. The van der Waals surface area contributed by atoms with Crippen LogP contribution in [0.4, 0.5) is 5.69 Å². The molecule has 0 saturated carbocycles. The number of amides is 1. The number of anilines is 1. The molecule has 7 nitrogen and oxygen atoms in total. The fourth-order valence-corrected chi connectivity index (χ4v) is 4.68. The number of pyridine rings is 2. The van der Waals surface area contributed by atoms with Crippen LogP contribution < -0.4 is 5.32 Å². The van der Waals surface area contributed by atoms with Crippen molar-refractivity contribution >= 4 is 33.4 Å². The van der Waals surface area contributed by atoms with Crippen LogP contribution in [-0.4, -0.2) is 25.7 Å². The Hall–Kier alpha value is -5.35. The van der Waals surface area contributed by atoms with Gasteiger partial charge in [-0.25, -0.2) is 0 Å². The largest absolute Gasteiger partial charge is 0.325 e. The SMILES string of the molecule is CC(=O)Nc1cncc(-c2ccc3ncc4c(c(-c5ccc(C#N)cc5)nn4Cc4ccccc4)c3c2)c1. The van der Waals surface area contributed by atoms with Crippen molar-refractivity contribution in [3.63, 3.8) is 0 Å². The van der Waals surface area contributed by atoms with E-state index in [0.717, 1.165) is 49.8 Å². The predicted octanol–water partition coefficient (Wildman–Crippen LogP) is 6.19. The smallest absolute Gasteiger partial charge is 0.221 e. The number of nitrogens with one attached hydrogen (secondary N) is 1. The van der Waals surface area contributed by atoms with E-state index in [1.807, 2.05) is 71.5 Å². The van der Waals surface area contributed by atoms with Crippen LogP contribution in [0.5, 0.6) is 0 Å². The summed E-state index contributed by atoms with van der Waals surface area (Å²) in [7, 11) is 0. The lowest BCUT2D eigenvalue weighted by molar-refractivity contribution is -0.114. The van der Waals surface area contributed by atoms with Crippen molar-refractivity contribution in [2.24, 2.45) is 0 Å². The van der Waals surface area contributed by atoms with Crippen molar-refractivity contribution in [1.82, 2.24) is 19.7 Å². The Morgan fingerprint density at radius 3 is 2.47 bits per heavy atom. The summed E-state index contributed by atoms with van der Waals surface area (Å²) in [6, 6.07) is 27.9. The average molecular weight is 495 g/mol. The molecule has 6 aromatic rings. The zero-order chi connectivity index (χ0) is 26.1. The number of hydrogen-bond acceptors (Lipinski definition) is 5. The van der Waals surface area contributed by atoms with E-state index in [2.05, 4.69) is 34.6 Å². The van der Waals surface area contributed by atoms with Crippen LogP contribution in [0, 0.1) is 11.3 Å². The third-order valence-electron chi connectivity index (χ3n) is 6.44. The standard InChI is InChI=1S/C31H22N6O/c1-20(38)35-26-13-25(16-33-17-26)24-11-12-28-27(14-24)30-29(18-34-28)37(19-22-5-3-2-4-6-22)36-31(30)23-9-7-21(15-32)8-10-23/h2-14,16-18H,19H2,1H3,(H,35,38). The third kappa shape index (κ3) is 4.36. The highest BCUT2D eigenvalue weighted by Crippen LogP contribution is 2.36. The molecular weight excluding hydrogens is 472 g/mol. The molecule has 3 aromatic carbocycles. The van der Waals surface area contributed by atoms with E-state index in [9.17, 15) is 10.1 Å². The summed E-state index contributed by atoms with van der Waals surface area (Å²) >= 11 is 0. The molecule has 0 aliphatic heterocycles. The van der Waals surface area contributed by atoms with Crippen molar-refractivity contribution in [2.45, 2.75) is 13.5 Å². The number of nitrogens with zero attached hydrogens (tertiary/aromatic N) is 5. The fourth-order valence-electron chi connectivity index (χ4n) is 4.68. The van der Waals surface area contributed by atoms with Crippen LogP contribution in [-0.2, 0) is 11.3 Å². The van der Waals surface area contributed by atoms with Gasteiger partial charge in [-0.3, -0.25) is 19.4 Å². The molecule has 0 spiro atoms. The molecule has 0 radical (unpaired) electrons. The summed E-state index contributed by atoms with van der Waals surface area (Å²) in [5, 5.41) is 19.1. The van der Waals surface area contributed by atoms with Gasteiger partial charge in [-0.2, -0.15) is 10.4 Å². The van der Waals surface area contributed by atoms with Crippen molar-refractivity contribution in [2.75, 3.05) is 5.32 Å². The Morgan fingerprint density at radius 1 is 0.921 bits per heavy atom. The number of benzene rings is 3. The van der Waals surface area contributed by atoms with E-state index in [1.165, 1.54) is 6.92 Å². The Balaban J connectivity index is 1.57. The van der Waals surface area contributed by atoms with Gasteiger partial charge in [0.15, 0.2) is 0 Å². The minimum Gasteiger partial charge on any atom is -0.325 e. The highest BCUT2D eigenvalue weighted by atomic mass is 16.1. The lowest BCUT2D eigenvalue weighted by Crippen LogP contribution is -2.05. The van der Waals surface area contributed by atoms with Gasteiger partial charge in [-0.05, 0) is 41.5 Å². The van der Waals surface area contributed by atoms with Gasteiger partial charge in [0.05, 0.1) is 47.3 Å². The molecule has 0 aliphatic carbocycles. The summed E-state index contributed by atoms with van der Waals surface area (Å²) in [4.78, 5) is 20.6. The number of nitriles is 1. The van der Waals surface area contributed by atoms with E-state index in [-0.39, 0.29) is 5.91 Å². The normalized spacial score (nSPS) is 10.9. The first-order valence-electron chi connectivity index (χ1n) is 12.2. The summed E-state index contributed by atoms with van der Waals surface area (Å²) < 4.78 is 1.98. The summed E-state index contributed by atoms with van der Waals surface area (Å²) in [5.41, 5.74) is 7.73. The summed E-state index contributed by atoms with van der Waals surface area (Å²) in [5.74, 6) is -0.147. The van der Waals surface area contributed by atoms with Crippen LogP contribution in [0.15, 0.2) is 97.5 Å². The first-order valence-corrected chi connectivity index (χ1v) is 12.2. The molecule has 3 aromatic heterocycles. The summed E-state index contributed by atoms with van der Waals surface area (Å²) in [6.45, 7) is 2.08. The highest BCUT2D eigenvalue weighted by Gasteiger charge is 2.17. The van der Waals surface area contributed by atoms with Crippen LogP contribution in [0.2, 0.25) is 0 Å². The second-order valence-electron chi connectivity index (χ2n) is 9.07. The van der Waals surface area contributed by atoms with Gasteiger partial charge >= 0.3 is 0 Å². The van der Waals surface area contributed by atoms with E-state index in [4.69, 9.17) is 10.1 Å². The Kier molecular flexibility index (Phi) is 5.83. The number of carbonyl (C=O) groups excluding carboxylic acids is 1. The monoisotopic (exact) mass is 494 g/mol. The van der Waals surface area contributed by atoms with Gasteiger partial charge in [-0.1, -0.05) is 48.5 Å². The molecule has 38 heavy (non-hydrogen) atoms. The maximum atomic E-state index is 11.6. The van der Waals surface area contributed by atoms with Crippen molar-refractivity contribution in [3.8, 4) is 28.5 Å². The average Bonchev–Trinajstić information content (AvgIpc) is 3.32. The fraction of sp³-hybridized carbons (Fsp3) is 0.0645. The van der Waals surface area contributed by atoms with Gasteiger partial charge in [-0.15, -0.1) is 0 Å². The van der Waals surface area contributed by atoms with Crippen molar-refractivity contribution in [1.29, 1.82) is 5.26 Å². The van der Waals surface area contributed by atoms with Crippen LogP contribution in [0.3, 0.4) is 0 Å². The van der Waals surface area contributed by atoms with E-state index >= 15 is 0 Å². The topological polar surface area (TPSA) is 96.5 Å². The molecular formula is C31H22N6O. The van der Waals surface area contributed by atoms with Gasteiger partial charge in [0.25, 0.3) is 0 Å². The molecule has 0 bridgehead atoms. The molecule has 0 unspecified atom stereocenters. The minimum atomic E-state index is -0.147. The molecule has 3 heterocycles. The Morgan fingerprint density at radius 2 is 1.71 bits per heavy atom. The van der Waals surface area contributed by atoms with Gasteiger partial charge in [0.2, 0.25) is 5.91 Å².